The average Bonchev–Trinajstić information content (AvgIpc) is 2.48. The summed E-state index contributed by atoms with van der Waals surface area (Å²) < 4.78 is 25.3. The number of benzene rings is 2. The van der Waals surface area contributed by atoms with Crippen LogP contribution in [-0.2, 0) is 10.0 Å². The van der Waals surface area contributed by atoms with E-state index in [0.29, 0.717) is 9.60 Å². The zero-order valence-electron chi connectivity index (χ0n) is 10.5. The van der Waals surface area contributed by atoms with E-state index in [1.807, 2.05) is 0 Å². The van der Waals surface area contributed by atoms with E-state index in [2.05, 4.69) is 10.3 Å². The molecule has 0 atom stereocenters. The Morgan fingerprint density at radius 1 is 1.00 bits per heavy atom. The second-order valence-corrected chi connectivity index (χ2v) is 6.33. The molecule has 106 valence electrons. The van der Waals surface area contributed by atoms with Crippen LogP contribution in [-0.4, -0.2) is 22.8 Å². The Balaban J connectivity index is 2.33. The Hall–Kier alpha value is -2.25. The van der Waals surface area contributed by atoms with E-state index in [0.717, 1.165) is 0 Å². The number of fused-ring (bicyclic) bond motifs is 1. The number of hydrogen-bond donors (Lipinski definition) is 0. The fourth-order valence-corrected chi connectivity index (χ4v) is 3.51. The topological polar surface area (TPSA) is 81.9 Å². The third-order valence-corrected chi connectivity index (χ3v) is 4.93. The van der Waals surface area contributed by atoms with Crippen LogP contribution >= 0.6 is 11.6 Å². The Morgan fingerprint density at radius 3 is 2.43 bits per heavy atom. The van der Waals surface area contributed by atoms with Gasteiger partial charge in [0.2, 0.25) is 0 Å². The second-order valence-electron chi connectivity index (χ2n) is 4.19. The van der Waals surface area contributed by atoms with Crippen molar-refractivity contribution < 1.29 is 8.42 Å². The fourth-order valence-electron chi connectivity index (χ4n) is 1.88. The zero-order chi connectivity index (χ0) is 15.0. The van der Waals surface area contributed by atoms with E-state index >= 15 is 0 Å². The SMILES string of the molecule is O=c1c2ccccc2nnn1S(=O)(=O)c1ccccc1Cl. The smallest absolute Gasteiger partial charge is 0.266 e. The van der Waals surface area contributed by atoms with E-state index in [4.69, 9.17) is 11.6 Å². The van der Waals surface area contributed by atoms with Gasteiger partial charge in [0.05, 0.1) is 10.4 Å². The highest BCUT2D eigenvalue weighted by Crippen LogP contribution is 2.21. The van der Waals surface area contributed by atoms with Gasteiger partial charge in [0.15, 0.2) is 0 Å². The molecule has 3 rings (SSSR count). The van der Waals surface area contributed by atoms with Gasteiger partial charge in [-0.3, -0.25) is 4.79 Å². The van der Waals surface area contributed by atoms with Gasteiger partial charge in [-0.25, -0.2) is 0 Å². The lowest BCUT2D eigenvalue weighted by Gasteiger charge is -2.07. The van der Waals surface area contributed by atoms with Crippen LogP contribution < -0.4 is 5.56 Å². The molecule has 0 saturated carbocycles. The molecule has 2 aromatic carbocycles. The molecule has 0 aliphatic heterocycles. The molecule has 3 aromatic rings. The van der Waals surface area contributed by atoms with Crippen molar-refractivity contribution in [2.45, 2.75) is 4.90 Å². The fraction of sp³-hybridized carbons (Fsp3) is 0. The van der Waals surface area contributed by atoms with Gasteiger partial charge in [0, 0.05) is 0 Å². The molecular weight excluding hydrogens is 314 g/mol. The standard InChI is InChI=1S/C13H8ClN3O3S/c14-10-6-2-4-8-12(10)21(19,20)17-13(18)9-5-1-3-7-11(9)15-16-17/h1-8H. The van der Waals surface area contributed by atoms with Crippen molar-refractivity contribution in [3.05, 3.63) is 63.9 Å². The summed E-state index contributed by atoms with van der Waals surface area (Å²) in [6.45, 7) is 0. The minimum atomic E-state index is -4.19. The maximum Gasteiger partial charge on any atom is 0.292 e. The molecule has 0 unspecified atom stereocenters. The predicted octanol–water partition coefficient (Wildman–Crippen LogP) is 1.68. The van der Waals surface area contributed by atoms with Gasteiger partial charge in [-0.2, -0.15) is 8.42 Å². The summed E-state index contributed by atoms with van der Waals surface area (Å²) in [5.41, 5.74) is -0.436. The highest BCUT2D eigenvalue weighted by Gasteiger charge is 2.23. The maximum atomic E-state index is 12.5. The van der Waals surface area contributed by atoms with Gasteiger partial charge in [-0.05, 0) is 29.5 Å². The number of halogens is 1. The number of nitrogens with zero attached hydrogens (tertiary/aromatic N) is 3. The van der Waals surface area contributed by atoms with Crippen molar-refractivity contribution in [2.24, 2.45) is 0 Å². The molecule has 6 nitrogen and oxygen atoms in total. The molecule has 0 aliphatic carbocycles. The lowest BCUT2D eigenvalue weighted by atomic mass is 10.2. The molecule has 0 aliphatic rings. The molecule has 1 aromatic heterocycles. The molecule has 1 heterocycles. The van der Waals surface area contributed by atoms with E-state index < -0.39 is 15.6 Å². The Bertz CT molecular complexity index is 999. The molecule has 21 heavy (non-hydrogen) atoms. The monoisotopic (exact) mass is 321 g/mol. The Morgan fingerprint density at radius 2 is 1.67 bits per heavy atom. The highest BCUT2D eigenvalue weighted by molar-refractivity contribution is 7.90. The van der Waals surface area contributed by atoms with Gasteiger partial charge in [0.25, 0.3) is 15.6 Å². The van der Waals surface area contributed by atoms with Crippen LogP contribution in [0.5, 0.6) is 0 Å². The number of hydrogen-bond acceptors (Lipinski definition) is 5. The molecular formula is C13H8ClN3O3S. The van der Waals surface area contributed by atoms with Gasteiger partial charge in [0.1, 0.15) is 10.4 Å². The largest absolute Gasteiger partial charge is 0.292 e. The quantitative estimate of drug-likeness (QED) is 0.717. The van der Waals surface area contributed by atoms with Crippen molar-refractivity contribution in [1.82, 2.24) is 14.4 Å². The minimum absolute atomic E-state index is 0.0133. The van der Waals surface area contributed by atoms with Crippen molar-refractivity contribution in [1.29, 1.82) is 0 Å². The third-order valence-electron chi connectivity index (χ3n) is 2.88. The van der Waals surface area contributed by atoms with Gasteiger partial charge in [-0.15, -0.1) is 5.10 Å². The Kier molecular flexibility index (Phi) is 3.23. The van der Waals surface area contributed by atoms with E-state index in [9.17, 15) is 13.2 Å². The van der Waals surface area contributed by atoms with Crippen LogP contribution in [0.1, 0.15) is 0 Å². The van der Waals surface area contributed by atoms with Crippen LogP contribution in [0.2, 0.25) is 5.02 Å². The van der Waals surface area contributed by atoms with Crippen molar-refractivity contribution in [3.8, 4) is 0 Å². The first-order valence-corrected chi connectivity index (χ1v) is 7.68. The van der Waals surface area contributed by atoms with E-state index in [1.165, 1.54) is 24.3 Å². The van der Waals surface area contributed by atoms with Gasteiger partial charge < -0.3 is 0 Å². The normalized spacial score (nSPS) is 11.7. The zero-order valence-corrected chi connectivity index (χ0v) is 12.0. The molecule has 8 heteroatoms. The first kappa shape index (κ1) is 13.7. The molecule has 0 amide bonds. The van der Waals surface area contributed by atoms with Crippen LogP contribution in [0.4, 0.5) is 0 Å². The van der Waals surface area contributed by atoms with Crippen molar-refractivity contribution >= 4 is 32.5 Å². The van der Waals surface area contributed by atoms with Crippen molar-refractivity contribution in [2.75, 3.05) is 0 Å². The average molecular weight is 322 g/mol. The summed E-state index contributed by atoms with van der Waals surface area (Å²) in [6, 6.07) is 12.2. The predicted molar refractivity (Wildman–Crippen MR) is 77.8 cm³/mol. The van der Waals surface area contributed by atoms with Crippen LogP contribution in [0, 0.1) is 0 Å². The van der Waals surface area contributed by atoms with E-state index in [-0.39, 0.29) is 15.3 Å². The molecule has 0 spiro atoms. The second kappa shape index (κ2) is 4.94. The molecule has 0 fully saturated rings. The number of aromatic nitrogens is 3. The third kappa shape index (κ3) is 2.20. The maximum absolute atomic E-state index is 12.5. The first-order chi connectivity index (χ1) is 10.0. The van der Waals surface area contributed by atoms with Gasteiger partial charge >= 0.3 is 0 Å². The summed E-state index contributed by atoms with van der Waals surface area (Å²) >= 11 is 5.89. The van der Waals surface area contributed by atoms with Crippen molar-refractivity contribution in [3.63, 3.8) is 0 Å². The van der Waals surface area contributed by atoms with E-state index in [1.54, 1.807) is 24.3 Å². The summed E-state index contributed by atoms with van der Waals surface area (Å²) in [4.78, 5) is 12.1. The summed E-state index contributed by atoms with van der Waals surface area (Å²) in [7, 11) is -4.19. The molecule has 0 radical (unpaired) electrons. The Labute approximate surface area is 124 Å². The van der Waals surface area contributed by atoms with Gasteiger partial charge in [-0.1, -0.05) is 40.0 Å². The molecule has 0 N–H and O–H groups in total. The summed E-state index contributed by atoms with van der Waals surface area (Å²) in [5, 5.41) is 7.44. The summed E-state index contributed by atoms with van der Waals surface area (Å²) in [5.74, 6) is 0. The highest BCUT2D eigenvalue weighted by atomic mass is 35.5. The first-order valence-electron chi connectivity index (χ1n) is 5.87. The number of rotatable bonds is 2. The van der Waals surface area contributed by atoms with Crippen LogP contribution in [0.3, 0.4) is 0 Å². The summed E-state index contributed by atoms with van der Waals surface area (Å²) in [6.07, 6.45) is 0. The van der Waals surface area contributed by atoms with Crippen LogP contribution in [0.15, 0.2) is 58.2 Å². The lowest BCUT2D eigenvalue weighted by Crippen LogP contribution is -2.31. The minimum Gasteiger partial charge on any atom is -0.266 e. The van der Waals surface area contributed by atoms with Crippen LogP contribution in [0.25, 0.3) is 10.9 Å². The lowest BCUT2D eigenvalue weighted by molar-refractivity contribution is 0.571. The molecule has 0 saturated heterocycles. The molecule has 0 bridgehead atoms.